The summed E-state index contributed by atoms with van der Waals surface area (Å²) in [5, 5.41) is 0. The standard InChI is InChI=1S/C15H19BrO4/c16-15-6-9-3-10(7-15)5-14(4-9,8-15)13(18)20-11-1-2-19-12(11)17/h9-11H,1-8H2/t9-,10-,11+,14?,15?/m0/s1. The van der Waals surface area contributed by atoms with Crippen LogP contribution in [0.15, 0.2) is 0 Å². The molecule has 5 aliphatic rings. The second kappa shape index (κ2) is 4.21. The Bertz CT molecular complexity index is 460. The minimum Gasteiger partial charge on any atom is -0.463 e. The van der Waals surface area contributed by atoms with Gasteiger partial charge in [0.25, 0.3) is 0 Å². The van der Waals surface area contributed by atoms with Crippen LogP contribution in [0.1, 0.15) is 44.9 Å². The number of cyclic esters (lactones) is 1. The average Bonchev–Trinajstić information content (AvgIpc) is 2.71. The van der Waals surface area contributed by atoms with Crippen molar-refractivity contribution < 1.29 is 19.1 Å². The monoisotopic (exact) mass is 342 g/mol. The van der Waals surface area contributed by atoms with Gasteiger partial charge in [-0.05, 0) is 50.4 Å². The zero-order valence-electron chi connectivity index (χ0n) is 11.4. The molecule has 0 spiro atoms. The van der Waals surface area contributed by atoms with Gasteiger partial charge in [-0.2, -0.15) is 0 Å². The predicted octanol–water partition coefficient (Wildman–Crippen LogP) is 2.58. The van der Waals surface area contributed by atoms with Gasteiger partial charge in [0.2, 0.25) is 6.10 Å². The fourth-order valence-corrected chi connectivity index (χ4v) is 6.68. The number of carbonyl (C=O) groups excluding carboxylic acids is 2. The highest BCUT2D eigenvalue weighted by atomic mass is 79.9. The first kappa shape index (κ1) is 13.1. The third kappa shape index (κ3) is 1.92. The largest absolute Gasteiger partial charge is 0.463 e. The first-order valence-electron chi connectivity index (χ1n) is 7.55. The van der Waals surface area contributed by atoms with Crippen molar-refractivity contribution in [3.63, 3.8) is 0 Å². The lowest BCUT2D eigenvalue weighted by molar-refractivity contribution is -0.178. The number of rotatable bonds is 2. The fourth-order valence-electron chi connectivity index (χ4n) is 5.23. The summed E-state index contributed by atoms with van der Waals surface area (Å²) in [6.45, 7) is 0.372. The number of ether oxygens (including phenoxy) is 2. The molecule has 110 valence electrons. The molecular formula is C15H19BrO4. The molecule has 4 saturated carbocycles. The topological polar surface area (TPSA) is 52.6 Å². The molecule has 0 aromatic rings. The van der Waals surface area contributed by atoms with Crippen LogP contribution in [0.3, 0.4) is 0 Å². The summed E-state index contributed by atoms with van der Waals surface area (Å²) in [5.41, 5.74) is -0.351. The number of alkyl halides is 1. The Morgan fingerprint density at radius 3 is 2.50 bits per heavy atom. The first-order chi connectivity index (χ1) is 9.48. The maximum atomic E-state index is 12.7. The maximum absolute atomic E-state index is 12.7. The van der Waals surface area contributed by atoms with Gasteiger partial charge in [-0.15, -0.1) is 0 Å². The minimum absolute atomic E-state index is 0.131. The molecule has 1 saturated heterocycles. The summed E-state index contributed by atoms with van der Waals surface area (Å²) in [6.07, 6.45) is 6.22. The van der Waals surface area contributed by atoms with Crippen LogP contribution in [0.2, 0.25) is 0 Å². The molecule has 4 nitrogen and oxygen atoms in total. The zero-order valence-corrected chi connectivity index (χ0v) is 13.0. The Morgan fingerprint density at radius 1 is 1.25 bits per heavy atom. The molecule has 4 bridgehead atoms. The normalized spacial score (nSPS) is 49.2. The quantitative estimate of drug-likeness (QED) is 0.571. The van der Waals surface area contributed by atoms with Gasteiger partial charge in [-0.1, -0.05) is 15.9 Å². The molecule has 0 aromatic carbocycles. The molecule has 0 aromatic heterocycles. The lowest BCUT2D eigenvalue weighted by Crippen LogP contribution is -2.56. The molecular weight excluding hydrogens is 324 g/mol. The van der Waals surface area contributed by atoms with E-state index in [0.717, 1.165) is 19.3 Å². The molecule has 3 atom stereocenters. The van der Waals surface area contributed by atoms with Crippen LogP contribution in [0.5, 0.6) is 0 Å². The van der Waals surface area contributed by atoms with E-state index in [1.807, 2.05) is 0 Å². The Kier molecular flexibility index (Phi) is 2.76. The van der Waals surface area contributed by atoms with E-state index in [0.29, 0.717) is 24.9 Å². The summed E-state index contributed by atoms with van der Waals surface area (Å²) in [5.74, 6) is 0.744. The molecule has 1 aliphatic heterocycles. The highest BCUT2D eigenvalue weighted by molar-refractivity contribution is 9.10. The van der Waals surface area contributed by atoms with Crippen LogP contribution < -0.4 is 0 Å². The van der Waals surface area contributed by atoms with Crippen molar-refractivity contribution in [2.75, 3.05) is 6.61 Å². The molecule has 5 rings (SSSR count). The molecule has 20 heavy (non-hydrogen) atoms. The van der Waals surface area contributed by atoms with Gasteiger partial charge in [0.05, 0.1) is 12.0 Å². The van der Waals surface area contributed by atoms with Gasteiger partial charge in [0, 0.05) is 10.7 Å². The highest BCUT2D eigenvalue weighted by Crippen LogP contribution is 2.64. The van der Waals surface area contributed by atoms with Crippen LogP contribution in [0, 0.1) is 17.3 Å². The van der Waals surface area contributed by atoms with Gasteiger partial charge in [0.1, 0.15) is 0 Å². The fraction of sp³-hybridized carbons (Fsp3) is 0.867. The second-order valence-corrected chi connectivity index (χ2v) is 8.92. The lowest BCUT2D eigenvalue weighted by atomic mass is 9.49. The minimum atomic E-state index is -0.665. The van der Waals surface area contributed by atoms with Gasteiger partial charge >= 0.3 is 11.9 Å². The van der Waals surface area contributed by atoms with E-state index in [-0.39, 0.29) is 21.7 Å². The Balaban J connectivity index is 1.55. The van der Waals surface area contributed by atoms with Crippen molar-refractivity contribution in [2.45, 2.75) is 55.4 Å². The van der Waals surface area contributed by atoms with Gasteiger partial charge in [-0.25, -0.2) is 4.79 Å². The third-order valence-electron chi connectivity index (χ3n) is 5.56. The number of esters is 2. The van der Waals surface area contributed by atoms with Crippen LogP contribution in [0.25, 0.3) is 0 Å². The summed E-state index contributed by atoms with van der Waals surface area (Å²) in [4.78, 5) is 24.2. The van der Waals surface area contributed by atoms with E-state index in [1.54, 1.807) is 0 Å². The summed E-state index contributed by atoms with van der Waals surface area (Å²) in [6, 6.07) is 0. The summed E-state index contributed by atoms with van der Waals surface area (Å²) >= 11 is 3.89. The molecule has 0 unspecified atom stereocenters. The number of hydrogen-bond acceptors (Lipinski definition) is 4. The highest BCUT2D eigenvalue weighted by Gasteiger charge is 2.61. The smallest absolute Gasteiger partial charge is 0.347 e. The molecule has 1 heterocycles. The zero-order chi connectivity index (χ0) is 14.0. The number of hydrogen-bond donors (Lipinski definition) is 0. The Labute approximate surface area is 126 Å². The van der Waals surface area contributed by atoms with Crippen LogP contribution in [0.4, 0.5) is 0 Å². The van der Waals surface area contributed by atoms with Crippen molar-refractivity contribution in [3.05, 3.63) is 0 Å². The van der Waals surface area contributed by atoms with Crippen molar-refractivity contribution >= 4 is 27.9 Å². The predicted molar refractivity (Wildman–Crippen MR) is 74.2 cm³/mol. The number of halogens is 1. The van der Waals surface area contributed by atoms with Gasteiger partial charge in [0.15, 0.2) is 0 Å². The maximum Gasteiger partial charge on any atom is 0.347 e. The van der Waals surface area contributed by atoms with Gasteiger partial charge < -0.3 is 9.47 Å². The third-order valence-corrected chi connectivity index (χ3v) is 6.49. The molecule has 0 radical (unpaired) electrons. The molecule has 5 fully saturated rings. The molecule has 4 aliphatic carbocycles. The summed E-state index contributed by atoms with van der Waals surface area (Å²) in [7, 11) is 0. The van der Waals surface area contributed by atoms with Crippen LogP contribution >= 0.6 is 15.9 Å². The lowest BCUT2D eigenvalue weighted by Gasteiger charge is -2.58. The first-order valence-corrected chi connectivity index (χ1v) is 8.34. The Morgan fingerprint density at radius 2 is 1.95 bits per heavy atom. The molecule has 0 N–H and O–H groups in total. The SMILES string of the molecule is O=C1OCC[C@H]1OC(=O)C12C[C@@H]3C[C@H](CC(Br)(C3)C1)C2. The van der Waals surface area contributed by atoms with Crippen molar-refractivity contribution in [1.29, 1.82) is 0 Å². The molecule has 5 heteroatoms. The Hall–Kier alpha value is -0.580. The van der Waals surface area contributed by atoms with Crippen molar-refractivity contribution in [1.82, 2.24) is 0 Å². The van der Waals surface area contributed by atoms with E-state index in [9.17, 15) is 9.59 Å². The second-order valence-electron chi connectivity index (χ2n) is 7.24. The molecule has 0 amide bonds. The number of carbonyl (C=O) groups is 2. The van der Waals surface area contributed by atoms with E-state index < -0.39 is 6.10 Å². The van der Waals surface area contributed by atoms with E-state index >= 15 is 0 Å². The van der Waals surface area contributed by atoms with Crippen molar-refractivity contribution in [2.24, 2.45) is 17.3 Å². The van der Waals surface area contributed by atoms with Crippen molar-refractivity contribution in [3.8, 4) is 0 Å². The summed E-state index contributed by atoms with van der Waals surface area (Å²) < 4.78 is 10.5. The van der Waals surface area contributed by atoms with E-state index in [2.05, 4.69) is 15.9 Å². The average molecular weight is 343 g/mol. The van der Waals surface area contributed by atoms with Crippen LogP contribution in [-0.2, 0) is 19.1 Å². The van der Waals surface area contributed by atoms with E-state index in [4.69, 9.17) is 9.47 Å². The van der Waals surface area contributed by atoms with Gasteiger partial charge in [-0.3, -0.25) is 4.79 Å². The van der Waals surface area contributed by atoms with Crippen LogP contribution in [-0.4, -0.2) is 29.0 Å². The van der Waals surface area contributed by atoms with E-state index in [1.165, 1.54) is 19.3 Å².